The van der Waals surface area contributed by atoms with Gasteiger partial charge in [-0.3, -0.25) is 0 Å². The van der Waals surface area contributed by atoms with E-state index in [1.54, 1.807) is 11.3 Å². The van der Waals surface area contributed by atoms with E-state index in [-0.39, 0.29) is 0 Å². The van der Waals surface area contributed by atoms with Crippen LogP contribution in [0.5, 0.6) is 0 Å². The molecule has 0 aliphatic heterocycles. The molecule has 0 aliphatic carbocycles. The third-order valence-electron chi connectivity index (χ3n) is 9.51. The van der Waals surface area contributed by atoms with Crippen LogP contribution in [-0.4, -0.2) is 9.97 Å². The highest BCUT2D eigenvalue weighted by atomic mass is 32.1. The van der Waals surface area contributed by atoms with E-state index in [2.05, 4.69) is 164 Å². The monoisotopic (exact) mass is 656 g/mol. The first-order chi connectivity index (χ1) is 24.8. The summed E-state index contributed by atoms with van der Waals surface area (Å²) in [6, 6.07) is 59.5. The molecule has 4 heteroatoms. The Hall–Kier alpha value is -6.36. The largest absolute Gasteiger partial charge is 0.455 e. The Morgan fingerprint density at radius 3 is 1.80 bits per heavy atom. The number of fused-ring (bicyclic) bond motifs is 6. The molecule has 10 rings (SSSR count). The van der Waals surface area contributed by atoms with Gasteiger partial charge in [-0.05, 0) is 52.1 Å². The molecule has 0 saturated carbocycles. The van der Waals surface area contributed by atoms with Gasteiger partial charge in [0.2, 0.25) is 0 Å². The molecule has 0 unspecified atom stereocenters. The fraction of sp³-hybridized carbons (Fsp3) is 0. The lowest BCUT2D eigenvalue weighted by Crippen LogP contribution is -1.94. The summed E-state index contributed by atoms with van der Waals surface area (Å²) in [5.74, 6) is 0.704. The Labute approximate surface area is 292 Å². The van der Waals surface area contributed by atoms with Gasteiger partial charge in [0.05, 0.1) is 15.9 Å². The maximum atomic E-state index is 6.79. The van der Waals surface area contributed by atoms with E-state index in [0.29, 0.717) is 5.82 Å². The van der Waals surface area contributed by atoms with Gasteiger partial charge < -0.3 is 4.42 Å². The van der Waals surface area contributed by atoms with Gasteiger partial charge in [-0.15, -0.1) is 11.3 Å². The van der Waals surface area contributed by atoms with E-state index >= 15 is 0 Å². The summed E-state index contributed by atoms with van der Waals surface area (Å²) in [7, 11) is 0. The lowest BCUT2D eigenvalue weighted by molar-refractivity contribution is 0.670. The summed E-state index contributed by atoms with van der Waals surface area (Å²) in [5, 5.41) is 3.26. The molecule has 0 bridgehead atoms. The second-order valence-corrected chi connectivity index (χ2v) is 13.6. The highest BCUT2D eigenvalue weighted by Crippen LogP contribution is 2.46. The quantitative estimate of drug-likeness (QED) is 0.185. The third-order valence-corrected chi connectivity index (χ3v) is 10.7. The molecule has 3 aromatic heterocycles. The third kappa shape index (κ3) is 4.73. The zero-order chi connectivity index (χ0) is 33.0. The summed E-state index contributed by atoms with van der Waals surface area (Å²) < 4.78 is 9.05. The standard InChI is InChI=1S/C46H28N2OS/c1-4-13-29(14-5-1)31-23-25-33(26-24-31)46-47-42-35-19-10-11-22-40(35)50-45(42)43(48-46)36-20-12-21-39-41(36)38-28-34(30-15-6-2-7-16-30)27-37(44(38)49-39)32-17-8-3-9-18-32/h1-28H. The number of hydrogen-bond donors (Lipinski definition) is 0. The number of furan rings is 1. The van der Waals surface area contributed by atoms with E-state index in [4.69, 9.17) is 14.4 Å². The lowest BCUT2D eigenvalue weighted by Gasteiger charge is -2.10. The molecule has 0 N–H and O–H groups in total. The van der Waals surface area contributed by atoms with Crippen molar-refractivity contribution in [2.24, 2.45) is 0 Å². The number of nitrogens with zero attached hydrogens (tertiary/aromatic N) is 2. The summed E-state index contributed by atoms with van der Waals surface area (Å²) in [4.78, 5) is 10.6. The molecular formula is C46H28N2OS. The van der Waals surface area contributed by atoms with Crippen molar-refractivity contribution in [2.75, 3.05) is 0 Å². The van der Waals surface area contributed by atoms with Crippen molar-refractivity contribution in [1.29, 1.82) is 0 Å². The van der Waals surface area contributed by atoms with Crippen molar-refractivity contribution in [3.8, 4) is 56.0 Å². The van der Waals surface area contributed by atoms with Crippen LogP contribution in [0.15, 0.2) is 174 Å². The topological polar surface area (TPSA) is 38.9 Å². The zero-order valence-electron chi connectivity index (χ0n) is 26.9. The normalized spacial score (nSPS) is 11.6. The van der Waals surface area contributed by atoms with E-state index in [9.17, 15) is 0 Å². The van der Waals surface area contributed by atoms with Crippen LogP contribution in [0.4, 0.5) is 0 Å². The number of hydrogen-bond acceptors (Lipinski definition) is 4. The summed E-state index contributed by atoms with van der Waals surface area (Å²) in [5.41, 5.74) is 12.4. The first-order valence-electron chi connectivity index (χ1n) is 16.7. The Kier molecular flexibility index (Phi) is 6.68. The van der Waals surface area contributed by atoms with Crippen molar-refractivity contribution in [3.63, 3.8) is 0 Å². The lowest BCUT2D eigenvalue weighted by atomic mass is 9.94. The first kappa shape index (κ1) is 28.6. The van der Waals surface area contributed by atoms with Crippen LogP contribution in [0.25, 0.3) is 98.3 Å². The van der Waals surface area contributed by atoms with Crippen molar-refractivity contribution < 1.29 is 4.42 Å². The second-order valence-electron chi connectivity index (χ2n) is 12.5. The fourth-order valence-electron chi connectivity index (χ4n) is 7.10. The molecule has 0 fully saturated rings. The van der Waals surface area contributed by atoms with Crippen molar-refractivity contribution in [2.45, 2.75) is 0 Å². The Morgan fingerprint density at radius 1 is 0.440 bits per heavy atom. The highest BCUT2D eigenvalue weighted by Gasteiger charge is 2.22. The van der Waals surface area contributed by atoms with E-state index < -0.39 is 0 Å². The molecule has 3 nitrogen and oxygen atoms in total. The maximum Gasteiger partial charge on any atom is 0.160 e. The summed E-state index contributed by atoms with van der Waals surface area (Å²) in [6.45, 7) is 0. The Bertz CT molecular complexity index is 2840. The number of benzene rings is 7. The smallest absolute Gasteiger partial charge is 0.160 e. The van der Waals surface area contributed by atoms with Crippen molar-refractivity contribution in [3.05, 3.63) is 170 Å². The minimum Gasteiger partial charge on any atom is -0.455 e. The van der Waals surface area contributed by atoms with Crippen LogP contribution < -0.4 is 0 Å². The number of rotatable bonds is 5. The Balaban J connectivity index is 1.25. The Morgan fingerprint density at radius 2 is 1.06 bits per heavy atom. The molecule has 0 radical (unpaired) electrons. The van der Waals surface area contributed by atoms with Gasteiger partial charge in [-0.1, -0.05) is 146 Å². The average Bonchev–Trinajstić information content (AvgIpc) is 3.77. The van der Waals surface area contributed by atoms with Crippen molar-refractivity contribution >= 4 is 53.6 Å². The van der Waals surface area contributed by atoms with Gasteiger partial charge in [0.1, 0.15) is 11.2 Å². The number of aromatic nitrogens is 2. The van der Waals surface area contributed by atoms with E-state index in [0.717, 1.165) is 82.2 Å². The second kappa shape index (κ2) is 11.7. The van der Waals surface area contributed by atoms with Gasteiger partial charge >= 0.3 is 0 Å². The molecule has 234 valence electrons. The zero-order valence-corrected chi connectivity index (χ0v) is 27.7. The predicted molar refractivity (Wildman–Crippen MR) is 209 cm³/mol. The van der Waals surface area contributed by atoms with Gasteiger partial charge in [0.25, 0.3) is 0 Å². The van der Waals surface area contributed by atoms with Crippen LogP contribution in [0.3, 0.4) is 0 Å². The SMILES string of the molecule is c1ccc(-c2ccc(-c3nc(-c4cccc5oc6c(-c7ccccc7)cc(-c7ccccc7)cc6c45)c4sc5ccccc5c4n3)cc2)cc1. The van der Waals surface area contributed by atoms with Crippen LogP contribution in [0.2, 0.25) is 0 Å². The average molecular weight is 657 g/mol. The summed E-state index contributed by atoms with van der Waals surface area (Å²) in [6.07, 6.45) is 0. The highest BCUT2D eigenvalue weighted by molar-refractivity contribution is 7.26. The summed E-state index contributed by atoms with van der Waals surface area (Å²) >= 11 is 1.75. The number of thiophene rings is 1. The molecule has 50 heavy (non-hydrogen) atoms. The van der Waals surface area contributed by atoms with Gasteiger partial charge in [0, 0.05) is 37.5 Å². The maximum absolute atomic E-state index is 6.79. The van der Waals surface area contributed by atoms with Crippen LogP contribution in [-0.2, 0) is 0 Å². The molecule has 7 aromatic carbocycles. The minimum absolute atomic E-state index is 0.704. The molecule has 3 heterocycles. The molecule has 10 aromatic rings. The molecule has 0 atom stereocenters. The van der Waals surface area contributed by atoms with Gasteiger partial charge in [-0.25, -0.2) is 9.97 Å². The van der Waals surface area contributed by atoms with E-state index in [1.807, 2.05) is 6.07 Å². The molecular weight excluding hydrogens is 629 g/mol. The first-order valence-corrected chi connectivity index (χ1v) is 17.6. The van der Waals surface area contributed by atoms with Gasteiger partial charge in [0.15, 0.2) is 5.82 Å². The van der Waals surface area contributed by atoms with Gasteiger partial charge in [-0.2, -0.15) is 0 Å². The molecule has 0 spiro atoms. The molecule has 0 saturated heterocycles. The van der Waals surface area contributed by atoms with E-state index in [1.165, 1.54) is 10.3 Å². The van der Waals surface area contributed by atoms with Crippen LogP contribution >= 0.6 is 11.3 Å². The van der Waals surface area contributed by atoms with Crippen molar-refractivity contribution in [1.82, 2.24) is 9.97 Å². The predicted octanol–water partition coefficient (Wildman–Crippen LogP) is 13.1. The molecule has 0 aliphatic rings. The van der Waals surface area contributed by atoms with Crippen LogP contribution in [0, 0.1) is 0 Å². The van der Waals surface area contributed by atoms with Crippen LogP contribution in [0.1, 0.15) is 0 Å². The molecule has 0 amide bonds. The minimum atomic E-state index is 0.704. The fourth-order valence-corrected chi connectivity index (χ4v) is 8.25.